The fourth-order valence-corrected chi connectivity index (χ4v) is 3.39. The van der Waals surface area contributed by atoms with Gasteiger partial charge in [0.25, 0.3) is 0 Å². The quantitative estimate of drug-likeness (QED) is 0.766. The number of carbonyl (C=O) groups is 2. The number of benzene rings is 1. The topological polar surface area (TPSA) is 46.6 Å². The summed E-state index contributed by atoms with van der Waals surface area (Å²) in [6.45, 7) is 10.8. The summed E-state index contributed by atoms with van der Waals surface area (Å²) in [6.07, 6.45) is 1.14. The number of hydrogen-bond acceptors (Lipinski definition) is 3. The Labute approximate surface area is 143 Å². The van der Waals surface area contributed by atoms with Gasteiger partial charge in [-0.15, -0.1) is 0 Å². The van der Waals surface area contributed by atoms with Crippen LogP contribution >= 0.6 is 0 Å². The van der Waals surface area contributed by atoms with Crippen LogP contribution in [0.25, 0.3) is 0 Å². The Kier molecular flexibility index (Phi) is 4.24. The lowest BCUT2D eigenvalue weighted by Gasteiger charge is -2.28. The molecule has 1 aliphatic carbocycles. The number of ketones is 1. The lowest BCUT2D eigenvalue weighted by Crippen LogP contribution is -2.43. The highest BCUT2D eigenvalue weighted by molar-refractivity contribution is 5.90. The third-order valence-corrected chi connectivity index (χ3v) is 4.93. The van der Waals surface area contributed by atoms with Gasteiger partial charge in [0, 0.05) is 6.42 Å². The van der Waals surface area contributed by atoms with Crippen LogP contribution < -0.4 is 0 Å². The maximum absolute atomic E-state index is 12.2. The van der Waals surface area contributed by atoms with E-state index in [1.54, 1.807) is 4.90 Å². The van der Waals surface area contributed by atoms with E-state index in [4.69, 9.17) is 4.74 Å². The average Bonchev–Trinajstić information content (AvgIpc) is 2.88. The van der Waals surface area contributed by atoms with E-state index in [9.17, 15) is 9.59 Å². The van der Waals surface area contributed by atoms with Crippen LogP contribution in [-0.4, -0.2) is 29.4 Å². The summed E-state index contributed by atoms with van der Waals surface area (Å²) in [6, 6.07) is 7.85. The van der Waals surface area contributed by atoms with E-state index < -0.39 is 0 Å². The maximum atomic E-state index is 12.2. The Hall–Kier alpha value is -2.10. The SMILES string of the molecule is C=C1CCC(N2C[C@H](c3ccc(C(C)(C)C)cc3)OC2=O)C(=O)C1. The Balaban J connectivity index is 1.73. The summed E-state index contributed by atoms with van der Waals surface area (Å²) >= 11 is 0. The number of ether oxygens (including phenoxy) is 1. The largest absolute Gasteiger partial charge is 0.439 e. The van der Waals surface area contributed by atoms with Crippen molar-refractivity contribution in [2.45, 2.75) is 57.6 Å². The lowest BCUT2D eigenvalue weighted by atomic mass is 9.86. The summed E-state index contributed by atoms with van der Waals surface area (Å²) < 4.78 is 5.53. The summed E-state index contributed by atoms with van der Waals surface area (Å²) in [7, 11) is 0. The molecule has 1 saturated carbocycles. The van der Waals surface area contributed by atoms with Gasteiger partial charge in [-0.3, -0.25) is 9.69 Å². The van der Waals surface area contributed by atoms with Crippen molar-refractivity contribution in [3.8, 4) is 0 Å². The van der Waals surface area contributed by atoms with Crippen LogP contribution in [0.1, 0.15) is 57.3 Å². The van der Waals surface area contributed by atoms with E-state index >= 15 is 0 Å². The van der Waals surface area contributed by atoms with Gasteiger partial charge in [-0.1, -0.05) is 57.2 Å². The van der Waals surface area contributed by atoms with Crippen molar-refractivity contribution in [2.75, 3.05) is 6.54 Å². The molecule has 0 aromatic heterocycles. The third kappa shape index (κ3) is 3.23. The van der Waals surface area contributed by atoms with Crippen LogP contribution in [0, 0.1) is 0 Å². The normalized spacial score (nSPS) is 25.1. The Morgan fingerprint density at radius 2 is 1.83 bits per heavy atom. The van der Waals surface area contributed by atoms with Gasteiger partial charge in [0.05, 0.1) is 12.6 Å². The van der Waals surface area contributed by atoms with Crippen LogP contribution in [0.2, 0.25) is 0 Å². The second-order valence-corrected chi connectivity index (χ2v) is 7.84. The van der Waals surface area contributed by atoms with Crippen molar-refractivity contribution in [1.29, 1.82) is 0 Å². The second kappa shape index (κ2) is 6.08. The molecule has 2 atom stereocenters. The molecule has 1 heterocycles. The zero-order chi connectivity index (χ0) is 17.5. The van der Waals surface area contributed by atoms with Gasteiger partial charge in [-0.05, 0) is 29.4 Å². The van der Waals surface area contributed by atoms with Crippen molar-refractivity contribution in [1.82, 2.24) is 4.90 Å². The highest BCUT2D eigenvalue weighted by Crippen LogP contribution is 2.33. The van der Waals surface area contributed by atoms with Gasteiger partial charge < -0.3 is 4.74 Å². The highest BCUT2D eigenvalue weighted by atomic mass is 16.6. The summed E-state index contributed by atoms with van der Waals surface area (Å²) in [5.74, 6) is 0.0759. The molecule has 1 saturated heterocycles. The molecule has 1 aromatic carbocycles. The molecule has 4 nitrogen and oxygen atoms in total. The number of allylic oxidation sites excluding steroid dienone is 1. The average molecular weight is 327 g/mol. The molecule has 1 aromatic rings. The standard InChI is InChI=1S/C20H25NO3/c1-13-5-10-16(17(22)11-13)21-12-18(24-19(21)23)14-6-8-15(9-7-14)20(2,3)4/h6-9,16,18H,1,5,10-12H2,2-4H3/t16?,18-/m1/s1. The number of hydrogen-bond donors (Lipinski definition) is 0. The summed E-state index contributed by atoms with van der Waals surface area (Å²) in [5, 5.41) is 0. The first-order valence-corrected chi connectivity index (χ1v) is 8.53. The van der Waals surface area contributed by atoms with Crippen molar-refractivity contribution in [3.05, 3.63) is 47.5 Å². The Morgan fingerprint density at radius 3 is 2.42 bits per heavy atom. The van der Waals surface area contributed by atoms with Crippen LogP contribution in [0.5, 0.6) is 0 Å². The first-order chi connectivity index (χ1) is 11.3. The Morgan fingerprint density at radius 1 is 1.17 bits per heavy atom. The van der Waals surface area contributed by atoms with Crippen LogP contribution in [0.3, 0.4) is 0 Å². The van der Waals surface area contributed by atoms with Gasteiger partial charge in [-0.2, -0.15) is 0 Å². The van der Waals surface area contributed by atoms with Crippen LogP contribution in [0.4, 0.5) is 4.79 Å². The molecular weight excluding hydrogens is 302 g/mol. The molecule has 2 aliphatic rings. The number of amides is 1. The van der Waals surface area contributed by atoms with Crippen molar-refractivity contribution >= 4 is 11.9 Å². The Bertz CT molecular complexity index is 669. The van der Waals surface area contributed by atoms with E-state index in [0.29, 0.717) is 19.4 Å². The zero-order valence-corrected chi connectivity index (χ0v) is 14.7. The molecule has 24 heavy (non-hydrogen) atoms. The molecule has 0 radical (unpaired) electrons. The van der Waals surface area contributed by atoms with E-state index in [1.165, 1.54) is 5.56 Å². The van der Waals surface area contributed by atoms with Gasteiger partial charge in [0.15, 0.2) is 5.78 Å². The fourth-order valence-electron chi connectivity index (χ4n) is 3.39. The minimum atomic E-state index is -0.384. The number of carbonyl (C=O) groups excluding carboxylic acids is 2. The minimum absolute atomic E-state index is 0.0759. The molecule has 0 spiro atoms. The molecule has 1 unspecified atom stereocenters. The maximum Gasteiger partial charge on any atom is 0.411 e. The minimum Gasteiger partial charge on any atom is -0.439 e. The summed E-state index contributed by atoms with van der Waals surface area (Å²) in [5.41, 5.74) is 3.27. The molecule has 2 fully saturated rings. The number of nitrogens with zero attached hydrogens (tertiary/aromatic N) is 1. The second-order valence-electron chi connectivity index (χ2n) is 7.84. The molecule has 3 rings (SSSR count). The zero-order valence-electron chi connectivity index (χ0n) is 14.7. The molecule has 4 heteroatoms. The third-order valence-electron chi connectivity index (χ3n) is 4.93. The first-order valence-electron chi connectivity index (χ1n) is 8.53. The summed E-state index contributed by atoms with van der Waals surface area (Å²) in [4.78, 5) is 26.1. The predicted molar refractivity (Wildman–Crippen MR) is 92.9 cm³/mol. The number of cyclic esters (lactones) is 1. The van der Waals surface area contributed by atoms with E-state index in [1.807, 2.05) is 12.1 Å². The fraction of sp³-hybridized carbons (Fsp3) is 0.500. The molecule has 128 valence electrons. The lowest BCUT2D eigenvalue weighted by molar-refractivity contribution is -0.123. The molecule has 1 amide bonds. The van der Waals surface area contributed by atoms with Crippen LogP contribution in [0.15, 0.2) is 36.4 Å². The van der Waals surface area contributed by atoms with Gasteiger partial charge in [0.1, 0.15) is 6.10 Å². The van der Waals surface area contributed by atoms with Gasteiger partial charge in [-0.25, -0.2) is 4.79 Å². The van der Waals surface area contributed by atoms with Crippen molar-refractivity contribution in [3.63, 3.8) is 0 Å². The number of Topliss-reactive ketones (excluding diaryl/α,β-unsaturated/α-hetero) is 1. The smallest absolute Gasteiger partial charge is 0.411 e. The van der Waals surface area contributed by atoms with Gasteiger partial charge in [0.2, 0.25) is 0 Å². The molecule has 0 N–H and O–H groups in total. The van der Waals surface area contributed by atoms with E-state index in [2.05, 4.69) is 39.5 Å². The van der Waals surface area contributed by atoms with E-state index in [0.717, 1.165) is 17.6 Å². The molecule has 1 aliphatic heterocycles. The monoisotopic (exact) mass is 327 g/mol. The van der Waals surface area contributed by atoms with Crippen molar-refractivity contribution in [2.24, 2.45) is 0 Å². The highest BCUT2D eigenvalue weighted by Gasteiger charge is 2.40. The van der Waals surface area contributed by atoms with Gasteiger partial charge >= 0.3 is 6.09 Å². The predicted octanol–water partition coefficient (Wildman–Crippen LogP) is 4.16. The molecule has 0 bridgehead atoms. The first kappa shape index (κ1) is 16.7. The van der Waals surface area contributed by atoms with E-state index in [-0.39, 0.29) is 29.4 Å². The molecular formula is C20H25NO3. The van der Waals surface area contributed by atoms with Crippen molar-refractivity contribution < 1.29 is 14.3 Å². The van der Waals surface area contributed by atoms with Crippen LogP contribution in [-0.2, 0) is 14.9 Å². The number of rotatable bonds is 2.